The first-order valence-corrected chi connectivity index (χ1v) is 5.41. The molecule has 0 unspecified atom stereocenters. The predicted molar refractivity (Wildman–Crippen MR) is 50.3 cm³/mol. The first kappa shape index (κ1) is 9.86. The molecule has 1 saturated carbocycles. The Balaban J connectivity index is 1.75. The molecule has 86 valence electrons. The number of fused-ring (bicyclic) bond motifs is 1. The molecule has 4 nitrogen and oxygen atoms in total. The van der Waals surface area contributed by atoms with Crippen LogP contribution in [0.4, 0.5) is 8.78 Å². The van der Waals surface area contributed by atoms with Crippen LogP contribution in [0.2, 0.25) is 0 Å². The summed E-state index contributed by atoms with van der Waals surface area (Å²) >= 11 is 0. The molecule has 0 saturated heterocycles. The minimum atomic E-state index is -2.66. The number of ketones is 1. The minimum absolute atomic E-state index is 0.121. The summed E-state index contributed by atoms with van der Waals surface area (Å²) < 4.78 is 27.0. The summed E-state index contributed by atoms with van der Waals surface area (Å²) in [6.45, 7) is 0.774. The highest BCUT2D eigenvalue weighted by molar-refractivity contribution is 5.95. The topological polar surface area (TPSA) is 47.8 Å². The van der Waals surface area contributed by atoms with Gasteiger partial charge in [-0.05, 0) is 6.42 Å². The molecule has 2 aliphatic rings. The van der Waals surface area contributed by atoms with Crippen LogP contribution < -0.4 is 0 Å². The molecule has 0 N–H and O–H groups in total. The zero-order chi connectivity index (χ0) is 11.3. The van der Waals surface area contributed by atoms with Gasteiger partial charge < -0.3 is 0 Å². The maximum atomic E-state index is 12.6. The molecule has 16 heavy (non-hydrogen) atoms. The van der Waals surface area contributed by atoms with Crippen LogP contribution >= 0.6 is 0 Å². The molecule has 0 bridgehead atoms. The van der Waals surface area contributed by atoms with Gasteiger partial charge in [-0.2, -0.15) is 0 Å². The normalized spacial score (nSPS) is 22.9. The fourth-order valence-corrected chi connectivity index (χ4v) is 2.26. The third kappa shape index (κ3) is 1.44. The molecule has 3 rings (SSSR count). The molecule has 1 aromatic rings. The van der Waals surface area contributed by atoms with Gasteiger partial charge >= 0.3 is 0 Å². The van der Waals surface area contributed by atoms with E-state index in [-0.39, 0.29) is 24.4 Å². The molecule has 1 aliphatic heterocycles. The van der Waals surface area contributed by atoms with Crippen molar-refractivity contribution >= 4 is 5.78 Å². The number of halogens is 2. The summed E-state index contributed by atoms with van der Waals surface area (Å²) in [5, 5.41) is 4.05. The SMILES string of the molecule is O=C(c1nc2n(n1)CCC2)C1CC(F)(F)C1. The van der Waals surface area contributed by atoms with E-state index < -0.39 is 11.8 Å². The van der Waals surface area contributed by atoms with Crippen molar-refractivity contribution in [1.29, 1.82) is 0 Å². The lowest BCUT2D eigenvalue weighted by atomic mass is 9.78. The second-order valence-corrected chi connectivity index (χ2v) is 4.50. The number of Topliss-reactive ketones (excluding diaryl/α,β-unsaturated/α-hetero) is 1. The lowest BCUT2D eigenvalue weighted by Crippen LogP contribution is -2.40. The Kier molecular flexibility index (Phi) is 1.90. The highest BCUT2D eigenvalue weighted by Gasteiger charge is 2.49. The monoisotopic (exact) mass is 227 g/mol. The molecule has 1 aromatic heterocycles. The second-order valence-electron chi connectivity index (χ2n) is 4.50. The number of hydrogen-bond donors (Lipinski definition) is 0. The van der Waals surface area contributed by atoms with Gasteiger partial charge in [0.25, 0.3) is 0 Å². The predicted octanol–water partition coefficient (Wildman–Crippen LogP) is 1.45. The van der Waals surface area contributed by atoms with Crippen molar-refractivity contribution in [2.45, 2.75) is 38.2 Å². The quantitative estimate of drug-likeness (QED) is 0.718. The lowest BCUT2D eigenvalue weighted by Gasteiger charge is -2.32. The Morgan fingerprint density at radius 1 is 1.44 bits per heavy atom. The smallest absolute Gasteiger partial charge is 0.249 e. The number of rotatable bonds is 2. The first-order valence-electron chi connectivity index (χ1n) is 5.41. The van der Waals surface area contributed by atoms with E-state index in [0.717, 1.165) is 25.2 Å². The highest BCUT2D eigenvalue weighted by Crippen LogP contribution is 2.43. The fourth-order valence-electron chi connectivity index (χ4n) is 2.26. The number of carbonyl (C=O) groups excluding carboxylic acids is 1. The highest BCUT2D eigenvalue weighted by atomic mass is 19.3. The number of nitrogens with zero attached hydrogens (tertiary/aromatic N) is 3. The van der Waals surface area contributed by atoms with Crippen LogP contribution in [0.25, 0.3) is 0 Å². The molecule has 2 heterocycles. The molecular weight excluding hydrogens is 216 g/mol. The largest absolute Gasteiger partial charge is 0.290 e. The summed E-state index contributed by atoms with van der Waals surface area (Å²) in [4.78, 5) is 15.8. The molecule has 1 fully saturated rings. The van der Waals surface area contributed by atoms with Crippen molar-refractivity contribution in [3.8, 4) is 0 Å². The molecular formula is C10H11F2N3O. The van der Waals surface area contributed by atoms with E-state index in [1.807, 2.05) is 0 Å². The first-order chi connectivity index (χ1) is 7.55. The average Bonchev–Trinajstić information content (AvgIpc) is 2.71. The summed E-state index contributed by atoms with van der Waals surface area (Å²) in [7, 11) is 0. The molecule has 0 aromatic carbocycles. The van der Waals surface area contributed by atoms with Gasteiger partial charge in [-0.1, -0.05) is 0 Å². The van der Waals surface area contributed by atoms with Crippen molar-refractivity contribution in [3.63, 3.8) is 0 Å². The van der Waals surface area contributed by atoms with E-state index in [0.29, 0.717) is 0 Å². The van der Waals surface area contributed by atoms with E-state index in [9.17, 15) is 13.6 Å². The van der Waals surface area contributed by atoms with Crippen LogP contribution in [0.3, 0.4) is 0 Å². The van der Waals surface area contributed by atoms with Gasteiger partial charge in [-0.3, -0.25) is 4.79 Å². The van der Waals surface area contributed by atoms with Gasteiger partial charge in [0.05, 0.1) is 0 Å². The number of alkyl halides is 2. The average molecular weight is 227 g/mol. The van der Waals surface area contributed by atoms with E-state index in [2.05, 4.69) is 10.1 Å². The Labute approximate surface area is 90.7 Å². The van der Waals surface area contributed by atoms with Crippen molar-refractivity contribution in [2.24, 2.45) is 5.92 Å². The Morgan fingerprint density at radius 2 is 2.19 bits per heavy atom. The van der Waals surface area contributed by atoms with E-state index in [4.69, 9.17) is 0 Å². The summed E-state index contributed by atoms with van der Waals surface area (Å²) in [6, 6.07) is 0. The minimum Gasteiger partial charge on any atom is -0.290 e. The van der Waals surface area contributed by atoms with Gasteiger partial charge in [-0.15, -0.1) is 5.10 Å². The number of aromatic nitrogens is 3. The third-order valence-corrected chi connectivity index (χ3v) is 3.20. The third-order valence-electron chi connectivity index (χ3n) is 3.20. The second kappa shape index (κ2) is 3.09. The zero-order valence-corrected chi connectivity index (χ0v) is 8.62. The van der Waals surface area contributed by atoms with Crippen LogP contribution in [0.5, 0.6) is 0 Å². The van der Waals surface area contributed by atoms with Crippen LogP contribution in [0.1, 0.15) is 35.7 Å². The molecule has 0 amide bonds. The van der Waals surface area contributed by atoms with Gasteiger partial charge in [-0.25, -0.2) is 18.4 Å². The van der Waals surface area contributed by atoms with E-state index in [1.165, 1.54) is 0 Å². The van der Waals surface area contributed by atoms with Crippen molar-refractivity contribution < 1.29 is 13.6 Å². The van der Waals surface area contributed by atoms with Crippen LogP contribution in [0, 0.1) is 5.92 Å². The standard InChI is InChI=1S/C10H11F2N3O/c11-10(12)4-6(5-10)8(16)9-13-7-2-1-3-15(7)14-9/h6H,1-5H2. The number of aryl methyl sites for hydroxylation is 2. The van der Waals surface area contributed by atoms with Crippen molar-refractivity contribution in [1.82, 2.24) is 14.8 Å². The summed E-state index contributed by atoms with van der Waals surface area (Å²) in [5.41, 5.74) is 0. The van der Waals surface area contributed by atoms with Gasteiger partial charge in [0.2, 0.25) is 17.5 Å². The van der Waals surface area contributed by atoms with Crippen LogP contribution in [0.15, 0.2) is 0 Å². The summed E-state index contributed by atoms with van der Waals surface area (Å²) in [6.07, 6.45) is 1.11. The lowest BCUT2D eigenvalue weighted by molar-refractivity contribution is -0.0984. The molecule has 0 spiro atoms. The number of hydrogen-bond acceptors (Lipinski definition) is 3. The van der Waals surface area contributed by atoms with Gasteiger partial charge in [0.1, 0.15) is 5.82 Å². The van der Waals surface area contributed by atoms with E-state index in [1.54, 1.807) is 4.68 Å². The molecule has 0 atom stereocenters. The van der Waals surface area contributed by atoms with Gasteiger partial charge in [0.15, 0.2) is 0 Å². The molecule has 0 radical (unpaired) electrons. The maximum Gasteiger partial charge on any atom is 0.249 e. The molecule has 6 heteroatoms. The van der Waals surface area contributed by atoms with Crippen molar-refractivity contribution in [2.75, 3.05) is 0 Å². The van der Waals surface area contributed by atoms with Crippen molar-refractivity contribution in [3.05, 3.63) is 11.6 Å². The Hall–Kier alpha value is -1.33. The Bertz CT molecular complexity index is 425. The molecule has 1 aliphatic carbocycles. The maximum absolute atomic E-state index is 12.6. The Morgan fingerprint density at radius 3 is 2.81 bits per heavy atom. The van der Waals surface area contributed by atoms with Crippen LogP contribution in [-0.2, 0) is 13.0 Å². The van der Waals surface area contributed by atoms with Crippen LogP contribution in [-0.4, -0.2) is 26.5 Å². The van der Waals surface area contributed by atoms with E-state index >= 15 is 0 Å². The zero-order valence-electron chi connectivity index (χ0n) is 8.62. The fraction of sp³-hybridized carbons (Fsp3) is 0.700. The number of carbonyl (C=O) groups is 1. The van der Waals surface area contributed by atoms with Gasteiger partial charge in [0, 0.05) is 31.7 Å². The summed E-state index contributed by atoms with van der Waals surface area (Å²) in [5.74, 6) is -2.65.